The van der Waals surface area contributed by atoms with E-state index in [0.29, 0.717) is 0 Å². The molecule has 0 unspecified atom stereocenters. The molecule has 21 aromatic carbocycles. The molecule has 0 N–H and O–H groups in total. The Bertz CT molecular complexity index is 8310. The van der Waals surface area contributed by atoms with Gasteiger partial charge in [-0.25, -0.2) is 19.9 Å². The Balaban J connectivity index is 0.0000000984. The van der Waals surface area contributed by atoms with E-state index in [-0.39, 0.29) is 0 Å². The molecule has 0 aliphatic heterocycles. The fraction of sp³-hybridized carbons (Fsp3) is 0. The van der Waals surface area contributed by atoms with E-state index in [1.165, 1.54) is 163 Å². The van der Waals surface area contributed by atoms with E-state index in [9.17, 15) is 0 Å². The molecule has 4 heteroatoms. The number of hydrogen-bond acceptors (Lipinski definition) is 4. The van der Waals surface area contributed by atoms with Crippen LogP contribution in [0, 0.1) is 0 Å². The molecule has 122 heavy (non-hydrogen) atoms. The fourth-order valence-corrected chi connectivity index (χ4v) is 18.2. The summed E-state index contributed by atoms with van der Waals surface area (Å²) in [7, 11) is 0. The lowest BCUT2D eigenvalue weighted by Gasteiger charge is -2.13. The first kappa shape index (κ1) is 72.3. The van der Waals surface area contributed by atoms with Crippen LogP contribution in [0.5, 0.6) is 0 Å². The van der Waals surface area contributed by atoms with Crippen molar-refractivity contribution in [2.24, 2.45) is 0 Å². The van der Waals surface area contributed by atoms with Gasteiger partial charge in [0.15, 0.2) is 0 Å². The molecule has 0 bridgehead atoms. The average molecular weight is 1550 g/mol. The van der Waals surface area contributed by atoms with Crippen molar-refractivity contribution >= 4 is 151 Å². The quantitative estimate of drug-likeness (QED) is 0.149. The minimum Gasteiger partial charge on any atom is -0.247 e. The zero-order valence-corrected chi connectivity index (χ0v) is 66.7. The second kappa shape index (κ2) is 31.4. The lowest BCUT2D eigenvalue weighted by molar-refractivity contribution is 1.43. The maximum atomic E-state index is 5.18. The molecule has 0 saturated heterocycles. The Kier molecular flexibility index (Phi) is 18.6. The zero-order valence-electron chi connectivity index (χ0n) is 66.7. The Morgan fingerprint density at radius 2 is 0.320 bits per heavy atom. The summed E-state index contributed by atoms with van der Waals surface area (Å²) in [6.45, 7) is 0. The van der Waals surface area contributed by atoms with Gasteiger partial charge in [0.1, 0.15) is 0 Å². The van der Waals surface area contributed by atoms with Gasteiger partial charge >= 0.3 is 0 Å². The molecular weight excluding hydrogens is 1470 g/mol. The average Bonchev–Trinajstić information content (AvgIpc) is 0.752. The highest BCUT2D eigenvalue weighted by Crippen LogP contribution is 2.44. The largest absolute Gasteiger partial charge is 0.247 e. The summed E-state index contributed by atoms with van der Waals surface area (Å²) >= 11 is 0. The number of para-hydroxylation sites is 4. The topological polar surface area (TPSA) is 51.6 Å². The number of hydrogen-bond donors (Lipinski definition) is 0. The number of fused-ring (bicyclic) bond motifs is 22. The van der Waals surface area contributed by atoms with Crippen molar-refractivity contribution in [1.29, 1.82) is 0 Å². The molecule has 0 radical (unpaired) electrons. The summed E-state index contributed by atoms with van der Waals surface area (Å²) in [5, 5.41) is 29.8. The third-order valence-corrected chi connectivity index (χ3v) is 24.1. The van der Waals surface area contributed by atoms with Gasteiger partial charge in [-0.1, -0.05) is 413 Å². The first-order valence-electron chi connectivity index (χ1n) is 41.7. The van der Waals surface area contributed by atoms with Gasteiger partial charge in [-0.3, -0.25) is 0 Å². The summed E-state index contributed by atoms with van der Waals surface area (Å²) in [6.07, 6.45) is 0. The van der Waals surface area contributed by atoms with Crippen LogP contribution in [0.15, 0.2) is 461 Å². The molecular formula is C118H76N4. The molecule has 0 saturated carbocycles. The smallest absolute Gasteiger partial charge is 0.0788 e. The van der Waals surface area contributed by atoms with Crippen LogP contribution in [0.4, 0.5) is 0 Å². The van der Waals surface area contributed by atoms with Gasteiger partial charge in [0, 0.05) is 86.9 Å². The first-order valence-corrected chi connectivity index (χ1v) is 41.7. The van der Waals surface area contributed by atoms with E-state index >= 15 is 0 Å². The molecule has 0 spiro atoms. The summed E-state index contributed by atoms with van der Waals surface area (Å²) < 4.78 is 0. The van der Waals surface area contributed by atoms with E-state index in [1.54, 1.807) is 0 Å². The van der Waals surface area contributed by atoms with Crippen LogP contribution in [0.3, 0.4) is 0 Å². The normalized spacial score (nSPS) is 11.4. The van der Waals surface area contributed by atoms with E-state index in [2.05, 4.69) is 449 Å². The minimum absolute atomic E-state index is 1.03. The van der Waals surface area contributed by atoms with Gasteiger partial charge in [-0.2, -0.15) is 0 Å². The molecule has 0 atom stereocenters. The second-order valence-electron chi connectivity index (χ2n) is 31.3. The Morgan fingerprint density at radius 1 is 0.107 bits per heavy atom. The SMILES string of the molecule is c1ccc(-c2ccc(-c3nc4ccccc4c4c3ccc3ccccc34)cc2)cc1.c1ccc(-c2cccc(-c3nc4ccccc4c4c3ccc3ccccc34)c2)cc1.c1ccc(-c2nc3ccccc3c3c2ccc2ccccc23)cc1.c1ccc2cc(-c3ccc4cc(-c5nc6ccccc6c6c5ccc5ccccc56)ccc4c3)ccc2c1. The van der Waals surface area contributed by atoms with Crippen molar-refractivity contribution in [3.8, 4) is 78.4 Å². The molecule has 4 heterocycles. The highest BCUT2D eigenvalue weighted by molar-refractivity contribution is 6.26. The van der Waals surface area contributed by atoms with Gasteiger partial charge in [0.05, 0.1) is 44.8 Å². The van der Waals surface area contributed by atoms with Crippen LogP contribution in [0.1, 0.15) is 0 Å². The van der Waals surface area contributed by atoms with Gasteiger partial charge in [-0.05, 0) is 147 Å². The van der Waals surface area contributed by atoms with Crippen molar-refractivity contribution in [2.75, 3.05) is 0 Å². The molecule has 0 aliphatic carbocycles. The molecule has 4 aromatic heterocycles. The van der Waals surface area contributed by atoms with Crippen LogP contribution < -0.4 is 0 Å². The molecule has 0 amide bonds. The number of pyridine rings is 4. The van der Waals surface area contributed by atoms with Crippen molar-refractivity contribution in [1.82, 2.24) is 19.9 Å². The Labute approximate surface area is 705 Å². The van der Waals surface area contributed by atoms with Gasteiger partial charge in [0.2, 0.25) is 0 Å². The highest BCUT2D eigenvalue weighted by atomic mass is 14.7. The predicted molar refractivity (Wildman–Crippen MR) is 520 cm³/mol. The molecule has 25 aromatic rings. The number of benzene rings is 21. The number of nitrogens with zero attached hydrogens (tertiary/aromatic N) is 4. The molecule has 25 rings (SSSR count). The highest BCUT2D eigenvalue weighted by Gasteiger charge is 2.20. The Hall–Kier alpha value is -16.1. The van der Waals surface area contributed by atoms with Crippen molar-refractivity contribution in [3.05, 3.63) is 461 Å². The second-order valence-corrected chi connectivity index (χ2v) is 31.3. The van der Waals surface area contributed by atoms with Crippen LogP contribution in [0.2, 0.25) is 0 Å². The molecule has 0 fully saturated rings. The minimum atomic E-state index is 1.03. The van der Waals surface area contributed by atoms with Crippen LogP contribution in [-0.4, -0.2) is 19.9 Å². The summed E-state index contributed by atoms with van der Waals surface area (Å²) in [4.78, 5) is 20.4. The van der Waals surface area contributed by atoms with Gasteiger partial charge in [-0.15, -0.1) is 0 Å². The van der Waals surface area contributed by atoms with Crippen molar-refractivity contribution in [2.45, 2.75) is 0 Å². The van der Waals surface area contributed by atoms with E-state index in [1.807, 2.05) is 12.1 Å². The third kappa shape index (κ3) is 13.4. The fourth-order valence-electron chi connectivity index (χ4n) is 18.2. The van der Waals surface area contributed by atoms with Crippen LogP contribution in [-0.2, 0) is 0 Å². The van der Waals surface area contributed by atoms with Gasteiger partial charge < -0.3 is 0 Å². The summed E-state index contributed by atoms with van der Waals surface area (Å²) in [5.41, 5.74) is 20.2. The summed E-state index contributed by atoms with van der Waals surface area (Å²) in [5.74, 6) is 0. The lowest BCUT2D eigenvalue weighted by Crippen LogP contribution is -1.91. The zero-order chi connectivity index (χ0) is 80.8. The predicted octanol–water partition coefficient (Wildman–Crippen LogP) is 32.1. The monoisotopic (exact) mass is 1550 g/mol. The van der Waals surface area contributed by atoms with E-state index in [0.717, 1.165) is 67.1 Å². The maximum Gasteiger partial charge on any atom is 0.0788 e. The standard InChI is InChI=1S/C37H23N.2C29H19N.C23H15N/c1-2-9-26-21-27(14-13-24(26)7-1)28-15-16-30-23-31(18-17-29(30)22-28)37-34-20-19-25-8-3-4-10-32(25)36(34)33-11-5-6-12-35(33)38-37;1-2-9-20(10-3-1)22-12-8-13-23(19-22)29-26-18-17-21-11-4-5-14-24(21)28(26)25-15-6-7-16-27(25)30-29;1-2-8-20(9-3-1)21-14-16-23(17-15-21)29-26-19-18-22-10-4-5-11-24(22)28(26)25-12-6-7-13-27(25)30-29;1-2-9-17(10-3-1)23-20-15-14-16-8-4-5-11-18(16)22(20)19-12-6-7-13-21(19)24-23/h1-23H;2*1-19H;1-15H. The third-order valence-electron chi connectivity index (χ3n) is 24.1. The first-order chi connectivity index (χ1) is 60.5. The number of rotatable bonds is 7. The van der Waals surface area contributed by atoms with E-state index in [4.69, 9.17) is 19.9 Å². The summed E-state index contributed by atoms with van der Waals surface area (Å²) in [6, 6.07) is 164. The van der Waals surface area contributed by atoms with Gasteiger partial charge in [0.25, 0.3) is 0 Å². The lowest BCUT2D eigenvalue weighted by atomic mass is 9.94. The number of aromatic nitrogens is 4. The van der Waals surface area contributed by atoms with Crippen molar-refractivity contribution < 1.29 is 0 Å². The van der Waals surface area contributed by atoms with Crippen molar-refractivity contribution in [3.63, 3.8) is 0 Å². The molecule has 0 aliphatic rings. The molecule has 4 nitrogen and oxygen atoms in total. The van der Waals surface area contributed by atoms with E-state index < -0.39 is 0 Å². The Morgan fingerprint density at radius 3 is 0.713 bits per heavy atom. The van der Waals surface area contributed by atoms with Crippen LogP contribution in [0.25, 0.3) is 230 Å². The molecule has 568 valence electrons. The maximum absolute atomic E-state index is 5.18. The van der Waals surface area contributed by atoms with Crippen LogP contribution >= 0.6 is 0 Å².